The summed E-state index contributed by atoms with van der Waals surface area (Å²) >= 11 is 0. The molecule has 0 aromatic carbocycles. The molecule has 0 spiro atoms. The highest BCUT2D eigenvalue weighted by Crippen LogP contribution is 1.93. The van der Waals surface area contributed by atoms with Crippen molar-refractivity contribution in [3.8, 4) is 0 Å². The fourth-order valence-corrected chi connectivity index (χ4v) is 0.721. The van der Waals surface area contributed by atoms with Crippen LogP contribution in [0, 0.1) is 0 Å². The standard InChI is InChI=1S/C9H12N2O2/c1-7(2)13-11-9(12)8-5-3-4-6-10-8/h3-7H,1-2H3,(H,11,12). The van der Waals surface area contributed by atoms with Crippen molar-refractivity contribution in [2.45, 2.75) is 20.0 Å². The van der Waals surface area contributed by atoms with Crippen molar-refractivity contribution in [3.05, 3.63) is 30.1 Å². The van der Waals surface area contributed by atoms with Crippen molar-refractivity contribution < 1.29 is 9.63 Å². The van der Waals surface area contributed by atoms with Gasteiger partial charge < -0.3 is 0 Å². The minimum absolute atomic E-state index is 0.0346. The number of amides is 1. The number of pyridine rings is 1. The van der Waals surface area contributed by atoms with Gasteiger partial charge in [0.1, 0.15) is 5.69 Å². The van der Waals surface area contributed by atoms with Crippen LogP contribution in [0.5, 0.6) is 0 Å². The summed E-state index contributed by atoms with van der Waals surface area (Å²) in [6, 6.07) is 5.12. The van der Waals surface area contributed by atoms with Crippen molar-refractivity contribution in [2.75, 3.05) is 0 Å². The zero-order valence-corrected chi connectivity index (χ0v) is 7.65. The summed E-state index contributed by atoms with van der Waals surface area (Å²) in [6.07, 6.45) is 1.53. The van der Waals surface area contributed by atoms with Crippen molar-refractivity contribution in [1.82, 2.24) is 10.5 Å². The monoisotopic (exact) mass is 180 g/mol. The van der Waals surface area contributed by atoms with Crippen LogP contribution in [0.1, 0.15) is 24.3 Å². The first-order valence-corrected chi connectivity index (χ1v) is 4.07. The van der Waals surface area contributed by atoms with Gasteiger partial charge >= 0.3 is 0 Å². The van der Waals surface area contributed by atoms with E-state index in [0.717, 1.165) is 0 Å². The fourth-order valence-electron chi connectivity index (χ4n) is 0.721. The third-order valence-electron chi connectivity index (χ3n) is 1.28. The van der Waals surface area contributed by atoms with Crippen LogP contribution in [-0.2, 0) is 4.84 Å². The Bertz CT molecular complexity index is 272. The molecule has 0 bridgehead atoms. The largest absolute Gasteiger partial charge is 0.293 e. The lowest BCUT2D eigenvalue weighted by Crippen LogP contribution is -2.27. The molecule has 1 aromatic heterocycles. The van der Waals surface area contributed by atoms with E-state index in [0.29, 0.717) is 5.69 Å². The van der Waals surface area contributed by atoms with Crippen LogP contribution in [0.15, 0.2) is 24.4 Å². The number of nitrogens with one attached hydrogen (secondary N) is 1. The van der Waals surface area contributed by atoms with Gasteiger partial charge in [0.05, 0.1) is 6.10 Å². The molecule has 0 fully saturated rings. The number of hydrogen-bond donors (Lipinski definition) is 1. The molecule has 70 valence electrons. The van der Waals surface area contributed by atoms with Crippen LogP contribution in [0.2, 0.25) is 0 Å². The predicted molar refractivity (Wildman–Crippen MR) is 47.9 cm³/mol. The number of carbonyl (C=O) groups excluding carboxylic acids is 1. The summed E-state index contributed by atoms with van der Waals surface area (Å²) in [4.78, 5) is 20.0. The fraction of sp³-hybridized carbons (Fsp3) is 0.333. The van der Waals surface area contributed by atoms with Crippen LogP contribution in [0.3, 0.4) is 0 Å². The normalized spacial score (nSPS) is 10.1. The summed E-state index contributed by atoms with van der Waals surface area (Å²) < 4.78 is 0. The third-order valence-corrected chi connectivity index (χ3v) is 1.28. The number of nitrogens with zero attached hydrogens (tertiary/aromatic N) is 1. The quantitative estimate of drug-likeness (QED) is 0.710. The maximum atomic E-state index is 11.3. The van der Waals surface area contributed by atoms with Crippen LogP contribution >= 0.6 is 0 Å². The Kier molecular flexibility index (Phi) is 3.40. The Balaban J connectivity index is 2.50. The summed E-state index contributed by atoms with van der Waals surface area (Å²) in [5.74, 6) is -0.325. The molecule has 13 heavy (non-hydrogen) atoms. The van der Waals surface area contributed by atoms with Crippen LogP contribution < -0.4 is 5.48 Å². The molecular formula is C9H12N2O2. The van der Waals surface area contributed by atoms with Crippen LogP contribution in [0.4, 0.5) is 0 Å². The van der Waals surface area contributed by atoms with E-state index < -0.39 is 0 Å². The van der Waals surface area contributed by atoms with Gasteiger partial charge in [0, 0.05) is 6.20 Å². The average molecular weight is 180 g/mol. The first-order chi connectivity index (χ1) is 6.20. The second-order valence-electron chi connectivity index (χ2n) is 2.81. The van der Waals surface area contributed by atoms with E-state index in [4.69, 9.17) is 4.84 Å². The lowest BCUT2D eigenvalue weighted by Gasteiger charge is -2.07. The molecule has 0 unspecified atom stereocenters. The van der Waals surface area contributed by atoms with Gasteiger partial charge in [-0.15, -0.1) is 0 Å². The zero-order chi connectivity index (χ0) is 9.68. The SMILES string of the molecule is CC(C)ONC(=O)c1ccccn1. The highest BCUT2D eigenvalue weighted by atomic mass is 16.7. The molecule has 1 aromatic rings. The molecule has 1 heterocycles. The highest BCUT2D eigenvalue weighted by molar-refractivity contribution is 5.91. The second-order valence-corrected chi connectivity index (χ2v) is 2.81. The van der Waals surface area contributed by atoms with Crippen molar-refractivity contribution >= 4 is 5.91 Å². The van der Waals surface area contributed by atoms with Gasteiger partial charge in [-0.3, -0.25) is 14.6 Å². The van der Waals surface area contributed by atoms with Crippen molar-refractivity contribution in [2.24, 2.45) is 0 Å². The summed E-state index contributed by atoms with van der Waals surface area (Å²) in [7, 11) is 0. The lowest BCUT2D eigenvalue weighted by molar-refractivity contribution is -0.000135. The van der Waals surface area contributed by atoms with E-state index in [1.165, 1.54) is 0 Å². The molecule has 0 saturated heterocycles. The maximum Gasteiger partial charge on any atom is 0.293 e. The molecule has 0 atom stereocenters. The molecule has 0 aliphatic rings. The molecule has 4 heteroatoms. The molecule has 0 aliphatic carbocycles. The molecular weight excluding hydrogens is 168 g/mol. The molecule has 4 nitrogen and oxygen atoms in total. The number of hydrogen-bond acceptors (Lipinski definition) is 3. The number of rotatable bonds is 3. The van der Waals surface area contributed by atoms with Gasteiger partial charge in [-0.2, -0.15) is 0 Å². The molecule has 0 aliphatic heterocycles. The average Bonchev–Trinajstić information content (AvgIpc) is 2.15. The van der Waals surface area contributed by atoms with Gasteiger partial charge in [-0.05, 0) is 26.0 Å². The molecule has 1 N–H and O–H groups in total. The third kappa shape index (κ3) is 3.21. The molecule has 1 rings (SSSR count). The van der Waals surface area contributed by atoms with Gasteiger partial charge in [0.2, 0.25) is 0 Å². The van der Waals surface area contributed by atoms with Crippen LogP contribution in [0.25, 0.3) is 0 Å². The molecule has 0 saturated carbocycles. The second kappa shape index (κ2) is 4.57. The Morgan fingerprint density at radius 1 is 1.54 bits per heavy atom. The van der Waals surface area contributed by atoms with E-state index in [-0.39, 0.29) is 12.0 Å². The van der Waals surface area contributed by atoms with Crippen LogP contribution in [-0.4, -0.2) is 17.0 Å². The summed E-state index contributed by atoms with van der Waals surface area (Å²) in [5.41, 5.74) is 2.65. The number of aromatic nitrogens is 1. The Labute approximate surface area is 76.9 Å². The van der Waals surface area contributed by atoms with E-state index in [1.54, 1.807) is 24.4 Å². The van der Waals surface area contributed by atoms with E-state index in [1.807, 2.05) is 13.8 Å². The summed E-state index contributed by atoms with van der Waals surface area (Å²) in [5, 5.41) is 0. The zero-order valence-electron chi connectivity index (χ0n) is 7.65. The summed E-state index contributed by atoms with van der Waals surface area (Å²) in [6.45, 7) is 3.66. The topological polar surface area (TPSA) is 51.2 Å². The first-order valence-electron chi connectivity index (χ1n) is 4.07. The smallest absolute Gasteiger partial charge is 0.271 e. The van der Waals surface area contributed by atoms with Gasteiger partial charge in [-0.25, -0.2) is 5.48 Å². The van der Waals surface area contributed by atoms with Gasteiger partial charge in [0.15, 0.2) is 0 Å². The molecule has 0 radical (unpaired) electrons. The Morgan fingerprint density at radius 2 is 2.31 bits per heavy atom. The first kappa shape index (κ1) is 9.67. The minimum Gasteiger partial charge on any atom is -0.271 e. The predicted octanol–water partition coefficient (Wildman–Crippen LogP) is 1.15. The Hall–Kier alpha value is -1.42. The van der Waals surface area contributed by atoms with Gasteiger partial charge in [0.25, 0.3) is 5.91 Å². The lowest BCUT2D eigenvalue weighted by atomic mass is 10.3. The van der Waals surface area contributed by atoms with E-state index >= 15 is 0 Å². The highest BCUT2D eigenvalue weighted by Gasteiger charge is 2.05. The van der Waals surface area contributed by atoms with Gasteiger partial charge in [-0.1, -0.05) is 6.07 Å². The number of carbonyl (C=O) groups is 1. The van der Waals surface area contributed by atoms with Crippen molar-refractivity contribution in [1.29, 1.82) is 0 Å². The Morgan fingerprint density at radius 3 is 2.85 bits per heavy atom. The maximum absolute atomic E-state index is 11.3. The van der Waals surface area contributed by atoms with E-state index in [2.05, 4.69) is 10.5 Å². The molecule has 1 amide bonds. The van der Waals surface area contributed by atoms with Crippen molar-refractivity contribution in [3.63, 3.8) is 0 Å². The minimum atomic E-state index is -0.325. The van der Waals surface area contributed by atoms with E-state index in [9.17, 15) is 4.79 Å². The number of hydroxylamine groups is 1.